The monoisotopic (exact) mass is 439 g/mol. The van der Waals surface area contributed by atoms with E-state index in [4.69, 9.17) is 11.6 Å². The maximum absolute atomic E-state index is 14.1. The van der Waals surface area contributed by atoms with Crippen LogP contribution in [0.15, 0.2) is 36.4 Å². The molecule has 31 heavy (non-hydrogen) atoms. The summed E-state index contributed by atoms with van der Waals surface area (Å²) in [5.74, 6) is -1.02. The number of nitrogens with one attached hydrogen (secondary N) is 1. The van der Waals surface area contributed by atoms with Gasteiger partial charge in [-0.3, -0.25) is 9.59 Å². The van der Waals surface area contributed by atoms with Crippen molar-refractivity contribution in [2.45, 2.75) is 25.7 Å². The molecule has 0 spiro atoms. The van der Waals surface area contributed by atoms with Gasteiger partial charge in [-0.05, 0) is 55.5 Å². The predicted molar refractivity (Wildman–Crippen MR) is 118 cm³/mol. The summed E-state index contributed by atoms with van der Waals surface area (Å²) in [6.07, 6.45) is 4.43. The Bertz CT molecular complexity index is 1180. The molecule has 3 aromatic rings. The Balaban J connectivity index is 1.33. The van der Waals surface area contributed by atoms with Gasteiger partial charge in [0.25, 0.3) is 11.8 Å². The Morgan fingerprint density at radius 2 is 1.58 bits per heavy atom. The van der Waals surface area contributed by atoms with Crippen LogP contribution in [0.5, 0.6) is 0 Å². The van der Waals surface area contributed by atoms with Crippen LogP contribution in [0, 0.1) is 5.82 Å². The average molecular weight is 440 g/mol. The number of aromatic amines is 1. The molecule has 0 atom stereocenters. The molecule has 0 bridgehead atoms. The first-order valence-corrected chi connectivity index (χ1v) is 11.1. The molecule has 1 N–H and O–H groups in total. The van der Waals surface area contributed by atoms with E-state index in [-0.39, 0.29) is 11.5 Å². The van der Waals surface area contributed by atoms with E-state index in [1.165, 1.54) is 42.3 Å². The topological polar surface area (TPSA) is 56.4 Å². The number of halogens is 2. The molecule has 1 aliphatic heterocycles. The molecule has 1 fully saturated rings. The van der Waals surface area contributed by atoms with Crippen molar-refractivity contribution in [2.24, 2.45) is 0 Å². The lowest BCUT2D eigenvalue weighted by Gasteiger charge is -2.35. The van der Waals surface area contributed by atoms with Crippen LogP contribution < -0.4 is 0 Å². The molecule has 1 aromatic heterocycles. The van der Waals surface area contributed by atoms with E-state index in [9.17, 15) is 14.0 Å². The largest absolute Gasteiger partial charge is 0.358 e. The maximum atomic E-state index is 14.1. The summed E-state index contributed by atoms with van der Waals surface area (Å²) in [7, 11) is 0. The smallest absolute Gasteiger partial charge is 0.257 e. The Morgan fingerprint density at radius 1 is 0.903 bits per heavy atom. The summed E-state index contributed by atoms with van der Waals surface area (Å²) in [6.45, 7) is 1.52. The highest BCUT2D eigenvalue weighted by molar-refractivity contribution is 6.31. The number of carbonyl (C=O) groups is 2. The molecular formula is C24H23ClFN3O2. The van der Waals surface area contributed by atoms with E-state index in [1.807, 2.05) is 12.1 Å². The molecule has 0 unspecified atom stereocenters. The zero-order valence-corrected chi connectivity index (χ0v) is 17.8. The Kier molecular flexibility index (Phi) is 5.18. The molecule has 5 rings (SSSR count). The first-order chi connectivity index (χ1) is 15.0. The molecule has 1 aliphatic carbocycles. The van der Waals surface area contributed by atoms with Crippen LogP contribution in [0.4, 0.5) is 4.39 Å². The van der Waals surface area contributed by atoms with Gasteiger partial charge in [-0.1, -0.05) is 23.7 Å². The van der Waals surface area contributed by atoms with E-state index in [0.29, 0.717) is 36.8 Å². The third-order valence-electron chi connectivity index (χ3n) is 6.38. The average Bonchev–Trinajstić information content (AvgIpc) is 3.19. The van der Waals surface area contributed by atoms with Crippen LogP contribution in [0.2, 0.25) is 5.02 Å². The fourth-order valence-electron chi connectivity index (χ4n) is 4.72. The minimum absolute atomic E-state index is 0.0333. The van der Waals surface area contributed by atoms with Crippen molar-refractivity contribution >= 4 is 34.3 Å². The Hall–Kier alpha value is -2.86. The summed E-state index contributed by atoms with van der Waals surface area (Å²) in [5, 5.41) is 1.46. The normalized spacial score (nSPS) is 16.5. The first-order valence-electron chi connectivity index (χ1n) is 10.7. The lowest BCUT2D eigenvalue weighted by molar-refractivity contribution is 0.0533. The van der Waals surface area contributed by atoms with Crippen molar-refractivity contribution in [1.29, 1.82) is 0 Å². The molecule has 2 aliphatic rings. The summed E-state index contributed by atoms with van der Waals surface area (Å²) in [4.78, 5) is 32.9. The lowest BCUT2D eigenvalue weighted by Crippen LogP contribution is -2.50. The van der Waals surface area contributed by atoms with Gasteiger partial charge in [-0.15, -0.1) is 0 Å². The zero-order valence-electron chi connectivity index (χ0n) is 17.1. The molecule has 0 saturated carbocycles. The number of rotatable bonds is 2. The van der Waals surface area contributed by atoms with Gasteiger partial charge in [0.05, 0.1) is 16.6 Å². The number of piperazine rings is 1. The number of H-pyrrole nitrogens is 1. The van der Waals surface area contributed by atoms with Crippen molar-refractivity contribution in [3.63, 3.8) is 0 Å². The highest BCUT2D eigenvalue weighted by atomic mass is 35.5. The van der Waals surface area contributed by atoms with Gasteiger partial charge in [0.2, 0.25) is 0 Å². The maximum Gasteiger partial charge on any atom is 0.257 e. The van der Waals surface area contributed by atoms with Gasteiger partial charge in [0.15, 0.2) is 0 Å². The number of aryl methyl sites for hydroxylation is 2. The minimum atomic E-state index is -0.588. The van der Waals surface area contributed by atoms with Gasteiger partial charge in [-0.25, -0.2) is 4.39 Å². The first kappa shape index (κ1) is 20.1. The van der Waals surface area contributed by atoms with Crippen LogP contribution in [-0.4, -0.2) is 52.8 Å². The van der Waals surface area contributed by atoms with Crippen LogP contribution >= 0.6 is 11.6 Å². The highest BCUT2D eigenvalue weighted by Gasteiger charge is 2.28. The molecule has 1 saturated heterocycles. The quantitative estimate of drug-likeness (QED) is 0.642. The van der Waals surface area contributed by atoms with Crippen molar-refractivity contribution in [3.8, 4) is 0 Å². The molecule has 7 heteroatoms. The van der Waals surface area contributed by atoms with E-state index in [0.717, 1.165) is 23.7 Å². The Morgan fingerprint density at radius 3 is 2.32 bits per heavy atom. The number of amides is 2. The lowest BCUT2D eigenvalue weighted by atomic mass is 9.95. The second-order valence-electron chi connectivity index (χ2n) is 8.23. The minimum Gasteiger partial charge on any atom is -0.358 e. The molecule has 0 radical (unpaired) electrons. The molecule has 2 heterocycles. The number of fused-ring (bicyclic) bond motifs is 3. The van der Waals surface area contributed by atoms with Crippen LogP contribution in [-0.2, 0) is 12.8 Å². The second-order valence-corrected chi connectivity index (χ2v) is 8.66. The van der Waals surface area contributed by atoms with Crippen molar-refractivity contribution in [2.75, 3.05) is 26.2 Å². The van der Waals surface area contributed by atoms with E-state index >= 15 is 0 Å². The van der Waals surface area contributed by atoms with E-state index in [2.05, 4.69) is 11.1 Å². The molecular weight excluding hydrogens is 417 g/mol. The van der Waals surface area contributed by atoms with Gasteiger partial charge < -0.3 is 14.8 Å². The van der Waals surface area contributed by atoms with Gasteiger partial charge in [0, 0.05) is 42.3 Å². The van der Waals surface area contributed by atoms with Crippen LogP contribution in [0.1, 0.15) is 44.8 Å². The molecule has 2 amide bonds. The number of aromatic nitrogens is 1. The van der Waals surface area contributed by atoms with Gasteiger partial charge >= 0.3 is 0 Å². The summed E-state index contributed by atoms with van der Waals surface area (Å²) in [6, 6.07) is 9.87. The molecule has 5 nitrogen and oxygen atoms in total. The number of benzene rings is 2. The Labute approximate surface area is 184 Å². The van der Waals surface area contributed by atoms with Gasteiger partial charge in [-0.2, -0.15) is 0 Å². The summed E-state index contributed by atoms with van der Waals surface area (Å²) in [5.41, 5.74) is 4.15. The highest BCUT2D eigenvalue weighted by Crippen LogP contribution is 2.31. The number of nitrogens with zero attached hydrogens (tertiary/aromatic N) is 2. The fourth-order valence-corrected chi connectivity index (χ4v) is 4.89. The standard InChI is InChI=1S/C24H23ClFN3O2/c25-15-8-9-20(26)19(14-15)24(31)29-12-10-28(11-13-29)23(30)18-6-3-5-17-16-4-1-2-7-21(16)27-22(17)18/h3,5-6,8-9,14,27H,1-2,4,7,10-13H2. The summed E-state index contributed by atoms with van der Waals surface area (Å²) >= 11 is 5.92. The number of hydrogen-bond acceptors (Lipinski definition) is 2. The van der Waals surface area contributed by atoms with E-state index < -0.39 is 11.7 Å². The second kappa shape index (κ2) is 8.00. The predicted octanol–water partition coefficient (Wildman–Crippen LogP) is 4.44. The summed E-state index contributed by atoms with van der Waals surface area (Å²) < 4.78 is 14.1. The van der Waals surface area contributed by atoms with Gasteiger partial charge in [0.1, 0.15) is 5.82 Å². The number of para-hydroxylation sites is 1. The zero-order chi connectivity index (χ0) is 21.5. The SMILES string of the molecule is O=C(c1cc(Cl)ccc1F)N1CCN(C(=O)c2cccc3c4c([nH]c23)CCCC4)CC1. The number of carbonyl (C=O) groups excluding carboxylic acids is 2. The van der Waals surface area contributed by atoms with Crippen molar-refractivity contribution in [3.05, 3.63) is 69.6 Å². The van der Waals surface area contributed by atoms with Crippen molar-refractivity contribution < 1.29 is 14.0 Å². The molecule has 2 aromatic carbocycles. The fraction of sp³-hybridized carbons (Fsp3) is 0.333. The van der Waals surface area contributed by atoms with E-state index in [1.54, 1.807) is 9.80 Å². The number of hydrogen-bond donors (Lipinski definition) is 1. The van der Waals surface area contributed by atoms with Crippen molar-refractivity contribution in [1.82, 2.24) is 14.8 Å². The third kappa shape index (κ3) is 3.59. The van der Waals surface area contributed by atoms with Crippen LogP contribution in [0.25, 0.3) is 10.9 Å². The van der Waals surface area contributed by atoms with Crippen LogP contribution in [0.3, 0.4) is 0 Å². The third-order valence-corrected chi connectivity index (χ3v) is 6.61. The molecule has 160 valence electrons.